The molecule has 0 aliphatic carbocycles. The summed E-state index contributed by atoms with van der Waals surface area (Å²) >= 11 is 0. The van der Waals surface area contributed by atoms with Gasteiger partial charge in [-0.1, -0.05) is 0 Å². The zero-order valence-corrected chi connectivity index (χ0v) is 11.0. The second-order valence-corrected chi connectivity index (χ2v) is 4.42. The zero-order chi connectivity index (χ0) is 14.9. The van der Waals surface area contributed by atoms with Gasteiger partial charge in [0, 0.05) is 23.4 Å². The first-order valence-corrected chi connectivity index (χ1v) is 5.82. The molecule has 0 aliphatic rings. The Balaban J connectivity index is 2.45. The number of nitrogens with zero attached hydrogens (tertiary/aromatic N) is 4. The predicted octanol–water partition coefficient (Wildman–Crippen LogP) is 0.794. The summed E-state index contributed by atoms with van der Waals surface area (Å²) in [5.41, 5.74) is 6.13. The maximum absolute atomic E-state index is 11.8. The average molecular weight is 275 g/mol. The molecule has 0 radical (unpaired) electrons. The van der Waals surface area contributed by atoms with Crippen molar-refractivity contribution in [3.05, 3.63) is 55.9 Å². The monoisotopic (exact) mass is 275 g/mol. The summed E-state index contributed by atoms with van der Waals surface area (Å²) in [5, 5.41) is 10.9. The van der Waals surface area contributed by atoms with Crippen molar-refractivity contribution in [2.75, 3.05) is 5.73 Å². The fourth-order valence-electron chi connectivity index (χ4n) is 1.85. The molecule has 2 rings (SSSR count). The summed E-state index contributed by atoms with van der Waals surface area (Å²) in [6.45, 7) is 3.30. The van der Waals surface area contributed by atoms with Gasteiger partial charge in [0.25, 0.3) is 11.2 Å². The zero-order valence-electron chi connectivity index (χ0n) is 11.0. The van der Waals surface area contributed by atoms with E-state index in [2.05, 4.69) is 9.97 Å². The molecule has 2 aromatic rings. The van der Waals surface area contributed by atoms with E-state index in [1.54, 1.807) is 13.0 Å². The fraction of sp³-hybridized carbons (Fsp3) is 0.250. The number of aryl methyl sites for hydroxylation is 2. The van der Waals surface area contributed by atoms with E-state index in [1.165, 1.54) is 23.8 Å². The van der Waals surface area contributed by atoms with Crippen LogP contribution in [0.1, 0.15) is 17.1 Å². The molecule has 0 aliphatic heterocycles. The van der Waals surface area contributed by atoms with Crippen LogP contribution in [0.25, 0.3) is 0 Å². The number of nitro groups is 1. The molecule has 0 fully saturated rings. The molecule has 0 aromatic carbocycles. The minimum absolute atomic E-state index is 0.0336. The van der Waals surface area contributed by atoms with E-state index in [9.17, 15) is 14.9 Å². The highest BCUT2D eigenvalue weighted by molar-refractivity contribution is 5.36. The van der Waals surface area contributed by atoms with Crippen molar-refractivity contribution in [1.82, 2.24) is 14.5 Å². The van der Waals surface area contributed by atoms with E-state index >= 15 is 0 Å². The van der Waals surface area contributed by atoms with Crippen LogP contribution in [0, 0.1) is 24.0 Å². The topological polar surface area (TPSA) is 117 Å². The van der Waals surface area contributed by atoms with Gasteiger partial charge >= 0.3 is 0 Å². The van der Waals surface area contributed by atoms with E-state index in [0.717, 1.165) is 0 Å². The Kier molecular flexibility index (Phi) is 3.47. The molecule has 8 heteroatoms. The van der Waals surface area contributed by atoms with Crippen LogP contribution in [0.5, 0.6) is 0 Å². The largest absolute Gasteiger partial charge is 0.384 e. The molecular weight excluding hydrogens is 262 g/mol. The maximum atomic E-state index is 11.8. The van der Waals surface area contributed by atoms with E-state index in [-0.39, 0.29) is 17.8 Å². The minimum atomic E-state index is -0.531. The van der Waals surface area contributed by atoms with Crippen LogP contribution in [0.4, 0.5) is 11.5 Å². The summed E-state index contributed by atoms with van der Waals surface area (Å²) in [7, 11) is 0. The first-order chi connectivity index (χ1) is 9.36. The van der Waals surface area contributed by atoms with Crippen molar-refractivity contribution in [3.8, 4) is 0 Å². The van der Waals surface area contributed by atoms with Gasteiger partial charge < -0.3 is 10.3 Å². The van der Waals surface area contributed by atoms with Crippen molar-refractivity contribution in [2.45, 2.75) is 20.4 Å². The Morgan fingerprint density at radius 2 is 2.05 bits per heavy atom. The van der Waals surface area contributed by atoms with E-state index in [0.29, 0.717) is 22.9 Å². The Morgan fingerprint density at radius 3 is 2.65 bits per heavy atom. The number of hydrogen-bond acceptors (Lipinski definition) is 6. The summed E-state index contributed by atoms with van der Waals surface area (Å²) in [6.07, 6.45) is 1.19. The molecule has 2 aromatic heterocycles. The van der Waals surface area contributed by atoms with Gasteiger partial charge in [-0.25, -0.2) is 9.97 Å². The van der Waals surface area contributed by atoms with Crippen LogP contribution in [0.3, 0.4) is 0 Å². The molecule has 20 heavy (non-hydrogen) atoms. The summed E-state index contributed by atoms with van der Waals surface area (Å²) in [4.78, 5) is 30.3. The van der Waals surface area contributed by atoms with Gasteiger partial charge in [0.05, 0.1) is 17.7 Å². The number of anilines is 1. The minimum Gasteiger partial charge on any atom is -0.384 e. The first kappa shape index (κ1) is 13.7. The lowest BCUT2D eigenvalue weighted by Crippen LogP contribution is -2.22. The predicted molar refractivity (Wildman–Crippen MR) is 72.4 cm³/mol. The maximum Gasteiger partial charge on any atom is 0.288 e. The third-order valence-electron chi connectivity index (χ3n) is 2.73. The van der Waals surface area contributed by atoms with Gasteiger partial charge in [-0.2, -0.15) is 0 Å². The first-order valence-electron chi connectivity index (χ1n) is 5.82. The van der Waals surface area contributed by atoms with Crippen LogP contribution in [0.2, 0.25) is 0 Å². The molecule has 104 valence electrons. The molecule has 0 bridgehead atoms. The lowest BCUT2D eigenvalue weighted by atomic mass is 10.2. The highest BCUT2D eigenvalue weighted by Crippen LogP contribution is 2.14. The Morgan fingerprint density at radius 1 is 1.35 bits per heavy atom. The number of pyridine rings is 1. The van der Waals surface area contributed by atoms with Gasteiger partial charge in [-0.3, -0.25) is 14.9 Å². The second kappa shape index (κ2) is 5.08. The normalized spacial score (nSPS) is 10.5. The molecule has 0 amide bonds. The molecule has 0 saturated heterocycles. The molecule has 0 saturated carbocycles. The Labute approximate surface area is 114 Å². The molecule has 0 spiro atoms. The van der Waals surface area contributed by atoms with E-state index in [1.807, 2.05) is 0 Å². The number of nitrogen functional groups attached to an aromatic ring is 1. The van der Waals surface area contributed by atoms with Gasteiger partial charge in [-0.05, 0) is 13.8 Å². The lowest BCUT2D eigenvalue weighted by Gasteiger charge is -2.07. The van der Waals surface area contributed by atoms with Gasteiger partial charge in [0.1, 0.15) is 5.82 Å². The SMILES string of the molecule is Cc1cc(N)nc(Cn2cc([N+](=O)[O-])c(C)cc2=O)n1. The molecule has 0 atom stereocenters. The highest BCUT2D eigenvalue weighted by atomic mass is 16.6. The fourth-order valence-corrected chi connectivity index (χ4v) is 1.85. The number of aromatic nitrogens is 3. The molecule has 2 N–H and O–H groups in total. The quantitative estimate of drug-likeness (QED) is 0.653. The van der Waals surface area contributed by atoms with Crippen LogP contribution in [-0.4, -0.2) is 19.5 Å². The van der Waals surface area contributed by atoms with Crippen LogP contribution < -0.4 is 11.3 Å². The van der Waals surface area contributed by atoms with Crippen LogP contribution >= 0.6 is 0 Å². The summed E-state index contributed by atoms with van der Waals surface area (Å²) in [5.74, 6) is 0.630. The molecule has 8 nitrogen and oxygen atoms in total. The second-order valence-electron chi connectivity index (χ2n) is 4.42. The third-order valence-corrected chi connectivity index (χ3v) is 2.73. The number of hydrogen-bond donors (Lipinski definition) is 1. The average Bonchev–Trinajstić information content (AvgIpc) is 2.30. The van der Waals surface area contributed by atoms with E-state index in [4.69, 9.17) is 5.73 Å². The summed E-state index contributed by atoms with van der Waals surface area (Å²) < 4.78 is 1.19. The van der Waals surface area contributed by atoms with Crippen molar-refractivity contribution in [2.24, 2.45) is 0 Å². The smallest absolute Gasteiger partial charge is 0.288 e. The van der Waals surface area contributed by atoms with Crippen molar-refractivity contribution in [1.29, 1.82) is 0 Å². The number of rotatable bonds is 3. The van der Waals surface area contributed by atoms with Crippen molar-refractivity contribution in [3.63, 3.8) is 0 Å². The van der Waals surface area contributed by atoms with E-state index < -0.39 is 4.92 Å². The highest BCUT2D eigenvalue weighted by Gasteiger charge is 2.14. The Hall–Kier alpha value is -2.77. The molecule has 2 heterocycles. The van der Waals surface area contributed by atoms with Crippen molar-refractivity contribution < 1.29 is 4.92 Å². The standard InChI is InChI=1S/C12H13N5O3/c1-7-3-12(18)16(5-9(7)17(19)20)6-11-14-8(2)4-10(13)15-11/h3-5H,6H2,1-2H3,(H2,13,14,15). The van der Waals surface area contributed by atoms with Crippen LogP contribution in [0.15, 0.2) is 23.1 Å². The number of nitrogens with two attached hydrogens (primary N) is 1. The van der Waals surface area contributed by atoms with Gasteiger partial charge in [0.15, 0.2) is 5.82 Å². The summed E-state index contributed by atoms with van der Waals surface area (Å²) in [6, 6.07) is 2.82. The Bertz CT molecular complexity index is 718. The molecular formula is C12H13N5O3. The third kappa shape index (κ3) is 2.79. The lowest BCUT2D eigenvalue weighted by molar-refractivity contribution is -0.385. The van der Waals surface area contributed by atoms with Crippen LogP contribution in [-0.2, 0) is 6.54 Å². The molecule has 0 unspecified atom stereocenters. The van der Waals surface area contributed by atoms with Gasteiger partial charge in [-0.15, -0.1) is 0 Å². The van der Waals surface area contributed by atoms with Gasteiger partial charge in [0.2, 0.25) is 0 Å². The van der Waals surface area contributed by atoms with Crippen molar-refractivity contribution >= 4 is 11.5 Å².